The maximum absolute atomic E-state index is 14.4. The molecule has 0 saturated carbocycles. The van der Waals surface area contributed by atoms with E-state index in [4.69, 9.17) is 4.42 Å². The zero-order valence-electron chi connectivity index (χ0n) is 14.7. The van der Waals surface area contributed by atoms with Gasteiger partial charge in [-0.05, 0) is 42.8 Å². The Bertz CT molecular complexity index is 1210. The van der Waals surface area contributed by atoms with Gasteiger partial charge in [0.05, 0.1) is 5.69 Å². The number of aryl methyl sites for hydroxylation is 1. The van der Waals surface area contributed by atoms with Gasteiger partial charge in [0.15, 0.2) is 5.58 Å². The predicted octanol–water partition coefficient (Wildman–Crippen LogP) is 4.07. The van der Waals surface area contributed by atoms with E-state index in [-0.39, 0.29) is 23.9 Å². The predicted molar refractivity (Wildman–Crippen MR) is 97.3 cm³/mol. The maximum Gasteiger partial charge on any atom is 0.325 e. The number of carbonyl (C=O) groups is 1. The summed E-state index contributed by atoms with van der Waals surface area (Å²) in [5.74, 6) is -1.75. The molecule has 1 aliphatic heterocycles. The van der Waals surface area contributed by atoms with Gasteiger partial charge in [0.1, 0.15) is 23.0 Å². The number of carbonyl (C=O) groups excluding carboxylic acids is 1. The summed E-state index contributed by atoms with van der Waals surface area (Å²) >= 11 is 0. The fourth-order valence-corrected chi connectivity index (χ4v) is 3.68. The third-order valence-electron chi connectivity index (χ3n) is 4.90. The number of anilines is 1. The summed E-state index contributed by atoms with van der Waals surface area (Å²) in [4.78, 5) is 16.8. The summed E-state index contributed by atoms with van der Waals surface area (Å²) in [6.45, 7) is 1.75. The summed E-state index contributed by atoms with van der Waals surface area (Å²) in [7, 11) is 0. The molecule has 0 spiro atoms. The summed E-state index contributed by atoms with van der Waals surface area (Å²) in [5, 5.41) is 7.22. The van der Waals surface area contributed by atoms with Gasteiger partial charge in [-0.15, -0.1) is 0 Å². The number of aromatic nitrogens is 3. The Morgan fingerprint density at radius 1 is 1.21 bits per heavy atom. The van der Waals surface area contributed by atoms with Crippen molar-refractivity contribution in [1.29, 1.82) is 0 Å². The summed E-state index contributed by atoms with van der Waals surface area (Å²) in [6.07, 6.45) is -0.00648. The van der Waals surface area contributed by atoms with Gasteiger partial charge < -0.3 is 9.73 Å². The summed E-state index contributed by atoms with van der Waals surface area (Å²) < 4.78 is 35.3. The minimum atomic E-state index is -0.655. The fraction of sp³-hybridized carbons (Fsp3) is 0.150. The zero-order valence-corrected chi connectivity index (χ0v) is 14.7. The lowest BCUT2D eigenvalue weighted by molar-refractivity contribution is -0.116. The van der Waals surface area contributed by atoms with Crippen LogP contribution in [0.5, 0.6) is 0 Å². The summed E-state index contributed by atoms with van der Waals surface area (Å²) in [5.41, 5.74) is 2.54. The topological polar surface area (TPSA) is 73.0 Å². The van der Waals surface area contributed by atoms with Crippen molar-refractivity contribution < 1.29 is 18.0 Å². The lowest BCUT2D eigenvalue weighted by atomic mass is 9.85. The Kier molecular flexibility index (Phi) is 3.55. The molecule has 1 N–H and O–H groups in total. The highest BCUT2D eigenvalue weighted by atomic mass is 19.1. The van der Waals surface area contributed by atoms with E-state index in [0.717, 1.165) is 18.2 Å². The molecule has 3 heterocycles. The van der Waals surface area contributed by atoms with Crippen molar-refractivity contribution in [1.82, 2.24) is 14.8 Å². The lowest BCUT2D eigenvalue weighted by Crippen LogP contribution is -2.25. The van der Waals surface area contributed by atoms with Crippen molar-refractivity contribution in [2.75, 3.05) is 5.32 Å². The third-order valence-corrected chi connectivity index (χ3v) is 4.90. The van der Waals surface area contributed by atoms with Crippen LogP contribution in [0.4, 0.5) is 14.6 Å². The van der Waals surface area contributed by atoms with Crippen LogP contribution in [0.15, 0.2) is 46.9 Å². The number of hydrogen-bond donors (Lipinski definition) is 1. The second kappa shape index (κ2) is 5.98. The molecule has 0 radical (unpaired) electrons. The molecule has 2 aromatic carbocycles. The van der Waals surface area contributed by atoms with E-state index < -0.39 is 17.6 Å². The molecule has 28 heavy (non-hydrogen) atoms. The van der Waals surface area contributed by atoms with Gasteiger partial charge in [-0.25, -0.2) is 8.78 Å². The van der Waals surface area contributed by atoms with Gasteiger partial charge in [0, 0.05) is 17.9 Å². The zero-order chi connectivity index (χ0) is 19.4. The van der Waals surface area contributed by atoms with Gasteiger partial charge in [0.2, 0.25) is 5.91 Å². The van der Waals surface area contributed by atoms with Crippen LogP contribution in [0, 0.1) is 18.6 Å². The number of hydrogen-bond acceptors (Lipinski definition) is 4. The maximum atomic E-state index is 14.4. The third kappa shape index (κ3) is 2.49. The fourth-order valence-electron chi connectivity index (χ4n) is 3.68. The number of fused-ring (bicyclic) bond motifs is 2. The van der Waals surface area contributed by atoms with Gasteiger partial charge in [-0.3, -0.25) is 4.79 Å². The molecule has 6 nitrogen and oxygen atoms in total. The number of halogens is 2. The molecule has 4 aromatic rings. The second-order valence-electron chi connectivity index (χ2n) is 6.69. The molecule has 140 valence electrons. The van der Waals surface area contributed by atoms with E-state index in [0.29, 0.717) is 28.2 Å². The van der Waals surface area contributed by atoms with Crippen LogP contribution in [-0.2, 0) is 4.79 Å². The molecule has 0 fully saturated rings. The minimum Gasteiger partial charge on any atom is -0.422 e. The van der Waals surface area contributed by atoms with Crippen LogP contribution in [0.25, 0.3) is 17.1 Å². The van der Waals surface area contributed by atoms with Crippen LogP contribution >= 0.6 is 0 Å². The normalized spacial score (nSPS) is 16.2. The van der Waals surface area contributed by atoms with Crippen LogP contribution in [-0.4, -0.2) is 20.7 Å². The standard InChI is InChI=1S/C20H14F2N4O2/c1-10-18-13(12-8-11(21)6-7-14(12)22)9-17(27)24-19(18)26(25-10)20-23-15-4-2-3-5-16(15)28-20/h2-8,13H,9H2,1H3,(H,24,27). The summed E-state index contributed by atoms with van der Waals surface area (Å²) in [6, 6.07) is 10.7. The van der Waals surface area contributed by atoms with Crippen LogP contribution in [0.2, 0.25) is 0 Å². The average Bonchev–Trinajstić information content (AvgIpc) is 3.24. The Balaban J connectivity index is 1.70. The smallest absolute Gasteiger partial charge is 0.325 e. The van der Waals surface area contributed by atoms with E-state index in [1.54, 1.807) is 19.1 Å². The first-order valence-corrected chi connectivity index (χ1v) is 8.71. The van der Waals surface area contributed by atoms with E-state index in [1.807, 2.05) is 12.1 Å². The largest absolute Gasteiger partial charge is 0.422 e. The van der Waals surface area contributed by atoms with Crippen LogP contribution in [0.3, 0.4) is 0 Å². The number of para-hydroxylation sites is 2. The van der Waals surface area contributed by atoms with Crippen LogP contribution in [0.1, 0.15) is 29.2 Å². The first-order valence-electron chi connectivity index (χ1n) is 8.71. The Hall–Kier alpha value is -3.55. The van der Waals surface area contributed by atoms with Gasteiger partial charge >= 0.3 is 6.01 Å². The number of benzene rings is 2. The first-order chi connectivity index (χ1) is 13.5. The first kappa shape index (κ1) is 16.6. The number of rotatable bonds is 2. The Morgan fingerprint density at radius 3 is 2.86 bits per heavy atom. The molecule has 5 rings (SSSR count). The average molecular weight is 380 g/mol. The number of oxazole rings is 1. The van der Waals surface area contributed by atoms with E-state index >= 15 is 0 Å². The molecule has 1 atom stereocenters. The molecular formula is C20H14F2N4O2. The van der Waals surface area contributed by atoms with Crippen LogP contribution < -0.4 is 5.32 Å². The molecule has 1 aliphatic rings. The Morgan fingerprint density at radius 2 is 2.04 bits per heavy atom. The number of nitrogens with zero attached hydrogens (tertiary/aromatic N) is 3. The monoisotopic (exact) mass is 380 g/mol. The molecule has 1 unspecified atom stereocenters. The Labute approximate surface area is 157 Å². The van der Waals surface area contributed by atoms with Crippen molar-refractivity contribution in [2.45, 2.75) is 19.3 Å². The number of nitrogens with one attached hydrogen (secondary N) is 1. The quantitative estimate of drug-likeness (QED) is 0.569. The van der Waals surface area contributed by atoms with Gasteiger partial charge in [-0.1, -0.05) is 12.1 Å². The van der Waals surface area contributed by atoms with Crippen molar-refractivity contribution in [2.24, 2.45) is 0 Å². The molecule has 2 aromatic heterocycles. The highest BCUT2D eigenvalue weighted by Crippen LogP contribution is 2.41. The molecule has 8 heteroatoms. The second-order valence-corrected chi connectivity index (χ2v) is 6.69. The molecule has 0 aliphatic carbocycles. The molecular weight excluding hydrogens is 366 g/mol. The van der Waals surface area contributed by atoms with Gasteiger partial charge in [0.25, 0.3) is 0 Å². The van der Waals surface area contributed by atoms with Gasteiger partial charge in [-0.2, -0.15) is 14.8 Å². The van der Waals surface area contributed by atoms with E-state index in [1.165, 1.54) is 4.68 Å². The van der Waals surface area contributed by atoms with E-state index in [9.17, 15) is 13.6 Å². The highest BCUT2D eigenvalue weighted by Gasteiger charge is 2.35. The van der Waals surface area contributed by atoms with E-state index in [2.05, 4.69) is 15.4 Å². The molecule has 1 amide bonds. The molecule has 0 bridgehead atoms. The molecule has 0 saturated heterocycles. The SMILES string of the molecule is Cc1nn(-c2nc3ccccc3o2)c2c1C(c1cc(F)ccc1F)CC(=O)N2. The van der Waals surface area contributed by atoms with Crippen molar-refractivity contribution in [3.05, 3.63) is 70.9 Å². The van der Waals surface area contributed by atoms with Crippen molar-refractivity contribution >= 4 is 22.8 Å². The lowest BCUT2D eigenvalue weighted by Gasteiger charge is -2.24. The number of amides is 1. The minimum absolute atomic E-state index is 0.00648. The van der Waals surface area contributed by atoms with Crippen molar-refractivity contribution in [3.8, 4) is 6.01 Å². The van der Waals surface area contributed by atoms with Crippen molar-refractivity contribution in [3.63, 3.8) is 0 Å². The highest BCUT2D eigenvalue weighted by molar-refractivity contribution is 5.95.